The summed E-state index contributed by atoms with van der Waals surface area (Å²) in [4.78, 5) is 22.6. The topological polar surface area (TPSA) is 86.6 Å². The minimum Gasteiger partial charge on any atom is -0.480 e. The van der Waals surface area contributed by atoms with Gasteiger partial charge in [-0.15, -0.1) is 0 Å². The molecule has 3 N–H and O–H groups in total. The van der Waals surface area contributed by atoms with Crippen molar-refractivity contribution in [2.45, 2.75) is 52.7 Å². The molecule has 0 spiro atoms. The Morgan fingerprint density at radius 1 is 1.24 bits per heavy atom. The third-order valence-electron chi connectivity index (χ3n) is 2.77. The van der Waals surface area contributed by atoms with Crippen molar-refractivity contribution in [2.75, 3.05) is 0 Å². The van der Waals surface area contributed by atoms with Crippen molar-refractivity contribution in [3.05, 3.63) is 0 Å². The zero-order valence-electron chi connectivity index (χ0n) is 10.9. The average molecular weight is 245 g/mol. The largest absolute Gasteiger partial charge is 0.480 e. The monoisotopic (exact) mass is 245 g/mol. The number of carbonyl (C=O) groups excluding carboxylic acids is 1. The Bertz CT molecular complexity index is 265. The first-order chi connectivity index (χ1) is 7.79. The van der Waals surface area contributed by atoms with Crippen LogP contribution in [0, 0.1) is 11.8 Å². The Morgan fingerprint density at radius 3 is 2.12 bits per heavy atom. The molecule has 17 heavy (non-hydrogen) atoms. The summed E-state index contributed by atoms with van der Waals surface area (Å²) in [5, 5.41) is 20.9. The molecule has 100 valence electrons. The van der Waals surface area contributed by atoms with Crippen LogP contribution in [0.15, 0.2) is 0 Å². The average Bonchev–Trinajstić information content (AvgIpc) is 2.22. The van der Waals surface area contributed by atoms with Crippen molar-refractivity contribution in [1.29, 1.82) is 0 Å². The van der Waals surface area contributed by atoms with Crippen LogP contribution >= 0.6 is 0 Å². The Kier molecular flexibility index (Phi) is 6.80. The van der Waals surface area contributed by atoms with Crippen LogP contribution in [0.4, 0.5) is 0 Å². The normalized spacial score (nSPS) is 16.4. The van der Waals surface area contributed by atoms with E-state index in [1.54, 1.807) is 6.92 Å². The van der Waals surface area contributed by atoms with Gasteiger partial charge in [-0.2, -0.15) is 0 Å². The number of nitrogens with one attached hydrogen (secondary N) is 1. The van der Waals surface area contributed by atoms with Gasteiger partial charge in [0, 0.05) is 0 Å². The van der Waals surface area contributed by atoms with Gasteiger partial charge in [0.1, 0.15) is 12.1 Å². The van der Waals surface area contributed by atoms with Crippen molar-refractivity contribution in [1.82, 2.24) is 5.32 Å². The highest BCUT2D eigenvalue weighted by molar-refractivity contribution is 5.86. The molecule has 0 aliphatic heterocycles. The van der Waals surface area contributed by atoms with E-state index in [9.17, 15) is 14.7 Å². The SMILES string of the molecule is CC[C@H](C)[C@H](NC(=O)[C@@H](O)CC(C)C)C(=O)O. The van der Waals surface area contributed by atoms with Gasteiger partial charge < -0.3 is 15.5 Å². The van der Waals surface area contributed by atoms with Gasteiger partial charge in [0.25, 0.3) is 0 Å². The maximum Gasteiger partial charge on any atom is 0.326 e. The molecule has 0 aromatic rings. The van der Waals surface area contributed by atoms with E-state index in [4.69, 9.17) is 5.11 Å². The highest BCUT2D eigenvalue weighted by Gasteiger charge is 2.27. The van der Waals surface area contributed by atoms with Crippen LogP contribution in [0.3, 0.4) is 0 Å². The molecule has 0 saturated carbocycles. The number of aliphatic carboxylic acids is 1. The second-order valence-corrected chi connectivity index (χ2v) is 4.86. The lowest BCUT2D eigenvalue weighted by Gasteiger charge is -2.22. The molecule has 0 rings (SSSR count). The molecule has 0 aliphatic rings. The molecule has 0 unspecified atom stereocenters. The predicted octanol–water partition coefficient (Wildman–Crippen LogP) is 1.01. The summed E-state index contributed by atoms with van der Waals surface area (Å²) in [6.07, 6.45) is -0.156. The molecule has 3 atom stereocenters. The minimum absolute atomic E-state index is 0.164. The quantitative estimate of drug-likeness (QED) is 0.624. The third-order valence-corrected chi connectivity index (χ3v) is 2.77. The first-order valence-corrected chi connectivity index (χ1v) is 6.00. The molecule has 0 fully saturated rings. The van der Waals surface area contributed by atoms with Gasteiger partial charge in [0.05, 0.1) is 0 Å². The number of rotatable bonds is 7. The summed E-state index contributed by atoms with van der Waals surface area (Å²) in [5.41, 5.74) is 0. The van der Waals surface area contributed by atoms with Crippen LogP contribution in [0.2, 0.25) is 0 Å². The first kappa shape index (κ1) is 15.9. The minimum atomic E-state index is -1.14. The van der Waals surface area contributed by atoms with Crippen LogP contribution in [-0.2, 0) is 9.59 Å². The second kappa shape index (κ2) is 7.27. The Hall–Kier alpha value is -1.10. The Morgan fingerprint density at radius 2 is 1.76 bits per heavy atom. The highest BCUT2D eigenvalue weighted by Crippen LogP contribution is 2.10. The van der Waals surface area contributed by atoms with Crippen molar-refractivity contribution in [3.8, 4) is 0 Å². The van der Waals surface area contributed by atoms with Gasteiger partial charge in [-0.1, -0.05) is 34.1 Å². The maximum atomic E-state index is 11.6. The number of aliphatic hydroxyl groups is 1. The highest BCUT2D eigenvalue weighted by atomic mass is 16.4. The van der Waals surface area contributed by atoms with Crippen molar-refractivity contribution >= 4 is 11.9 Å². The number of hydrogen-bond donors (Lipinski definition) is 3. The van der Waals surface area contributed by atoms with Gasteiger partial charge in [0.15, 0.2) is 0 Å². The van der Waals surface area contributed by atoms with E-state index in [2.05, 4.69) is 5.32 Å². The summed E-state index contributed by atoms with van der Waals surface area (Å²) >= 11 is 0. The molecule has 0 aromatic heterocycles. The summed E-state index contributed by atoms with van der Waals surface area (Å²) in [7, 11) is 0. The van der Waals surface area contributed by atoms with Gasteiger partial charge >= 0.3 is 5.97 Å². The van der Waals surface area contributed by atoms with E-state index in [1.807, 2.05) is 20.8 Å². The van der Waals surface area contributed by atoms with Crippen molar-refractivity contribution < 1.29 is 19.8 Å². The number of carboxylic acid groups (broad SMARTS) is 1. The summed E-state index contributed by atoms with van der Waals surface area (Å²) < 4.78 is 0. The van der Waals surface area contributed by atoms with Crippen LogP contribution in [0.1, 0.15) is 40.5 Å². The number of carboxylic acids is 1. The fourth-order valence-corrected chi connectivity index (χ4v) is 1.49. The number of hydrogen-bond acceptors (Lipinski definition) is 3. The summed E-state index contributed by atoms with van der Waals surface area (Å²) in [5.74, 6) is -1.65. The fraction of sp³-hybridized carbons (Fsp3) is 0.833. The van der Waals surface area contributed by atoms with E-state index in [0.717, 1.165) is 0 Å². The molecule has 5 heteroatoms. The van der Waals surface area contributed by atoms with Gasteiger partial charge in [0.2, 0.25) is 5.91 Å². The lowest BCUT2D eigenvalue weighted by atomic mass is 9.98. The zero-order chi connectivity index (χ0) is 13.6. The van der Waals surface area contributed by atoms with Crippen LogP contribution in [0.5, 0.6) is 0 Å². The van der Waals surface area contributed by atoms with E-state index in [0.29, 0.717) is 12.8 Å². The summed E-state index contributed by atoms with van der Waals surface area (Å²) in [6, 6.07) is -0.936. The molecular weight excluding hydrogens is 222 g/mol. The number of aliphatic hydroxyl groups excluding tert-OH is 1. The molecular formula is C12H23NO4. The van der Waals surface area contributed by atoms with Crippen molar-refractivity contribution in [3.63, 3.8) is 0 Å². The predicted molar refractivity (Wildman–Crippen MR) is 64.5 cm³/mol. The van der Waals surface area contributed by atoms with Crippen LogP contribution in [0.25, 0.3) is 0 Å². The van der Waals surface area contributed by atoms with E-state index in [-0.39, 0.29) is 11.8 Å². The zero-order valence-corrected chi connectivity index (χ0v) is 10.9. The molecule has 1 amide bonds. The van der Waals surface area contributed by atoms with Crippen LogP contribution in [-0.4, -0.2) is 34.2 Å². The van der Waals surface area contributed by atoms with Gasteiger partial charge in [-0.05, 0) is 18.3 Å². The molecule has 5 nitrogen and oxygen atoms in total. The second-order valence-electron chi connectivity index (χ2n) is 4.86. The standard InChI is InChI=1S/C12H23NO4/c1-5-8(4)10(12(16)17)13-11(15)9(14)6-7(2)3/h7-10,14H,5-6H2,1-4H3,(H,13,15)(H,16,17)/t8-,9-,10-/m0/s1. The van der Waals surface area contributed by atoms with E-state index < -0.39 is 24.0 Å². The number of carbonyl (C=O) groups is 2. The molecule has 0 radical (unpaired) electrons. The Balaban J connectivity index is 4.45. The van der Waals surface area contributed by atoms with Gasteiger partial charge in [-0.3, -0.25) is 4.79 Å². The Labute approximate surface area is 102 Å². The first-order valence-electron chi connectivity index (χ1n) is 6.00. The molecule has 0 heterocycles. The smallest absolute Gasteiger partial charge is 0.326 e. The third kappa shape index (κ3) is 5.68. The fourth-order valence-electron chi connectivity index (χ4n) is 1.49. The molecule has 0 saturated heterocycles. The van der Waals surface area contributed by atoms with Crippen LogP contribution < -0.4 is 5.32 Å². The molecule has 0 bridgehead atoms. The van der Waals surface area contributed by atoms with E-state index >= 15 is 0 Å². The lowest BCUT2D eigenvalue weighted by molar-refractivity contribution is -0.145. The maximum absolute atomic E-state index is 11.6. The summed E-state index contributed by atoms with van der Waals surface area (Å²) in [6.45, 7) is 7.39. The molecule has 0 aliphatic carbocycles. The molecule has 0 aromatic carbocycles. The number of amides is 1. The lowest BCUT2D eigenvalue weighted by Crippen LogP contribution is -2.48. The van der Waals surface area contributed by atoms with Crippen molar-refractivity contribution in [2.24, 2.45) is 11.8 Å². The van der Waals surface area contributed by atoms with E-state index in [1.165, 1.54) is 0 Å². The van der Waals surface area contributed by atoms with Gasteiger partial charge in [-0.25, -0.2) is 4.79 Å².